The van der Waals surface area contributed by atoms with Crippen molar-refractivity contribution >= 4 is 11.6 Å². The van der Waals surface area contributed by atoms with E-state index in [9.17, 15) is 9.50 Å². The minimum absolute atomic E-state index is 0.306. The summed E-state index contributed by atoms with van der Waals surface area (Å²) in [6.07, 6.45) is -0.842. The van der Waals surface area contributed by atoms with E-state index in [1.807, 2.05) is 26.0 Å². The first-order valence-corrected chi connectivity index (χ1v) is 6.48. The van der Waals surface area contributed by atoms with E-state index in [4.69, 9.17) is 11.6 Å². The van der Waals surface area contributed by atoms with E-state index in [-0.39, 0.29) is 5.82 Å². The Morgan fingerprint density at radius 3 is 2.32 bits per heavy atom. The van der Waals surface area contributed by atoms with Gasteiger partial charge in [-0.2, -0.15) is 0 Å². The fraction of sp³-hybridized carbons (Fsp3) is 0.250. The van der Waals surface area contributed by atoms with Gasteiger partial charge in [-0.15, -0.1) is 0 Å². The van der Waals surface area contributed by atoms with E-state index in [0.717, 1.165) is 16.7 Å². The predicted octanol–water partition coefficient (Wildman–Crippen LogP) is 4.49. The molecule has 100 valence electrons. The van der Waals surface area contributed by atoms with Crippen LogP contribution in [0.5, 0.6) is 0 Å². The fourth-order valence-electron chi connectivity index (χ4n) is 2.06. The Balaban J connectivity index is 2.46. The molecule has 0 radical (unpaired) electrons. The molecule has 2 aromatic carbocycles. The number of hydrogen-bond acceptors (Lipinski definition) is 1. The number of aliphatic hydroxyl groups excluding tert-OH is 1. The van der Waals surface area contributed by atoms with Crippen LogP contribution in [0.3, 0.4) is 0 Å². The van der Waals surface area contributed by atoms with Crippen molar-refractivity contribution in [3.63, 3.8) is 0 Å². The normalized spacial score (nSPS) is 12.5. The summed E-state index contributed by atoms with van der Waals surface area (Å²) >= 11 is 6.04. The summed E-state index contributed by atoms with van der Waals surface area (Å²) in [5, 5.41) is 11.1. The lowest BCUT2D eigenvalue weighted by Gasteiger charge is -2.16. The lowest BCUT2D eigenvalue weighted by Crippen LogP contribution is -2.03. The van der Waals surface area contributed by atoms with E-state index in [1.54, 1.807) is 19.1 Å². The highest BCUT2D eigenvalue weighted by molar-refractivity contribution is 6.31. The molecule has 0 aliphatic carbocycles. The predicted molar refractivity (Wildman–Crippen MR) is 76.1 cm³/mol. The zero-order chi connectivity index (χ0) is 14.2. The summed E-state index contributed by atoms with van der Waals surface area (Å²) < 4.78 is 13.6. The third-order valence-electron chi connectivity index (χ3n) is 3.35. The second kappa shape index (κ2) is 5.32. The number of halogens is 2. The zero-order valence-electron chi connectivity index (χ0n) is 11.2. The average Bonchev–Trinajstić information content (AvgIpc) is 2.36. The van der Waals surface area contributed by atoms with Gasteiger partial charge in [0.05, 0.1) is 0 Å². The van der Waals surface area contributed by atoms with Crippen LogP contribution in [0, 0.1) is 26.6 Å². The topological polar surface area (TPSA) is 20.2 Å². The molecule has 0 aliphatic rings. The molecule has 0 fully saturated rings. The van der Waals surface area contributed by atoms with E-state index in [0.29, 0.717) is 16.1 Å². The minimum atomic E-state index is -0.842. The summed E-state index contributed by atoms with van der Waals surface area (Å²) in [7, 11) is 0. The Morgan fingerprint density at radius 2 is 1.68 bits per heavy atom. The van der Waals surface area contributed by atoms with Crippen molar-refractivity contribution in [2.75, 3.05) is 0 Å². The highest BCUT2D eigenvalue weighted by Gasteiger charge is 2.15. The van der Waals surface area contributed by atoms with Gasteiger partial charge in [0.2, 0.25) is 0 Å². The lowest BCUT2D eigenvalue weighted by molar-refractivity contribution is 0.219. The van der Waals surface area contributed by atoms with Crippen LogP contribution in [0.4, 0.5) is 4.39 Å². The second-order valence-electron chi connectivity index (χ2n) is 4.87. The van der Waals surface area contributed by atoms with Gasteiger partial charge in [0.15, 0.2) is 0 Å². The molecule has 1 atom stereocenters. The van der Waals surface area contributed by atoms with Crippen molar-refractivity contribution in [2.45, 2.75) is 26.9 Å². The van der Waals surface area contributed by atoms with E-state index < -0.39 is 6.10 Å². The van der Waals surface area contributed by atoms with Crippen LogP contribution in [0.1, 0.15) is 33.9 Å². The molecule has 0 aliphatic heterocycles. The van der Waals surface area contributed by atoms with Crippen molar-refractivity contribution in [1.82, 2.24) is 0 Å². The number of aryl methyl sites for hydroxylation is 3. The second-order valence-corrected chi connectivity index (χ2v) is 5.28. The molecule has 2 rings (SSSR count). The molecule has 19 heavy (non-hydrogen) atoms. The van der Waals surface area contributed by atoms with Gasteiger partial charge in [0.1, 0.15) is 11.9 Å². The first-order chi connectivity index (χ1) is 8.90. The Morgan fingerprint density at radius 1 is 1.00 bits per heavy atom. The van der Waals surface area contributed by atoms with Crippen LogP contribution in [-0.2, 0) is 0 Å². The molecule has 1 unspecified atom stereocenters. The maximum Gasteiger partial charge on any atom is 0.126 e. The quantitative estimate of drug-likeness (QED) is 0.858. The number of rotatable bonds is 2. The SMILES string of the molecule is Cc1ccc(C(O)c2cc(C)c(Cl)cc2C)cc1F. The maximum atomic E-state index is 13.6. The van der Waals surface area contributed by atoms with Gasteiger partial charge in [-0.05, 0) is 60.7 Å². The Hall–Kier alpha value is -1.38. The summed E-state index contributed by atoms with van der Waals surface area (Å²) in [6, 6.07) is 8.46. The van der Waals surface area contributed by atoms with Gasteiger partial charge in [0.25, 0.3) is 0 Å². The summed E-state index contributed by atoms with van der Waals surface area (Å²) in [5.74, 6) is -0.306. The highest BCUT2D eigenvalue weighted by Crippen LogP contribution is 2.29. The molecule has 0 spiro atoms. The Kier molecular flexibility index (Phi) is 3.93. The van der Waals surface area contributed by atoms with Gasteiger partial charge in [-0.1, -0.05) is 29.8 Å². The molecule has 0 saturated heterocycles. The average molecular weight is 279 g/mol. The monoisotopic (exact) mass is 278 g/mol. The first kappa shape index (κ1) is 14.0. The summed E-state index contributed by atoms with van der Waals surface area (Å²) in [6.45, 7) is 5.46. The van der Waals surface area contributed by atoms with Crippen LogP contribution in [0.15, 0.2) is 30.3 Å². The van der Waals surface area contributed by atoms with Crippen molar-refractivity contribution in [1.29, 1.82) is 0 Å². The lowest BCUT2D eigenvalue weighted by atomic mass is 9.95. The summed E-state index contributed by atoms with van der Waals surface area (Å²) in [5.41, 5.74) is 3.66. The molecule has 1 N–H and O–H groups in total. The number of benzene rings is 2. The van der Waals surface area contributed by atoms with Gasteiger partial charge in [-0.3, -0.25) is 0 Å². The van der Waals surface area contributed by atoms with Crippen molar-refractivity contribution < 1.29 is 9.50 Å². The van der Waals surface area contributed by atoms with E-state index in [2.05, 4.69) is 0 Å². The number of hydrogen-bond donors (Lipinski definition) is 1. The molecule has 3 heteroatoms. The molecule has 1 nitrogen and oxygen atoms in total. The van der Waals surface area contributed by atoms with Crippen molar-refractivity contribution in [3.05, 3.63) is 69.0 Å². The molecular formula is C16H16ClFO. The molecule has 0 heterocycles. The van der Waals surface area contributed by atoms with Crippen LogP contribution in [0.2, 0.25) is 5.02 Å². The van der Waals surface area contributed by atoms with Crippen molar-refractivity contribution in [3.8, 4) is 0 Å². The van der Waals surface area contributed by atoms with Gasteiger partial charge in [0, 0.05) is 5.02 Å². The Bertz CT molecular complexity index is 622. The minimum Gasteiger partial charge on any atom is -0.384 e. The van der Waals surface area contributed by atoms with Crippen molar-refractivity contribution in [2.24, 2.45) is 0 Å². The van der Waals surface area contributed by atoms with Crippen LogP contribution >= 0.6 is 11.6 Å². The summed E-state index contributed by atoms with van der Waals surface area (Å²) in [4.78, 5) is 0. The third kappa shape index (κ3) is 2.80. The Labute approximate surface area is 117 Å². The smallest absolute Gasteiger partial charge is 0.126 e. The van der Waals surface area contributed by atoms with Crippen LogP contribution in [-0.4, -0.2) is 5.11 Å². The van der Waals surface area contributed by atoms with Gasteiger partial charge >= 0.3 is 0 Å². The number of aliphatic hydroxyl groups is 1. The van der Waals surface area contributed by atoms with Crippen LogP contribution < -0.4 is 0 Å². The van der Waals surface area contributed by atoms with Gasteiger partial charge in [-0.25, -0.2) is 4.39 Å². The molecule has 2 aromatic rings. The van der Waals surface area contributed by atoms with Gasteiger partial charge < -0.3 is 5.11 Å². The van der Waals surface area contributed by atoms with E-state index in [1.165, 1.54) is 6.07 Å². The molecule has 0 aromatic heterocycles. The highest BCUT2D eigenvalue weighted by atomic mass is 35.5. The molecule has 0 amide bonds. The maximum absolute atomic E-state index is 13.6. The third-order valence-corrected chi connectivity index (χ3v) is 3.76. The first-order valence-electron chi connectivity index (χ1n) is 6.11. The molecule has 0 saturated carbocycles. The fourth-order valence-corrected chi connectivity index (χ4v) is 2.27. The van der Waals surface area contributed by atoms with Crippen LogP contribution in [0.25, 0.3) is 0 Å². The zero-order valence-corrected chi connectivity index (χ0v) is 11.9. The largest absolute Gasteiger partial charge is 0.384 e. The standard InChI is InChI=1S/C16H16ClFO/c1-9-4-5-12(8-15(9)18)16(19)13-6-11(3)14(17)7-10(13)2/h4-8,16,19H,1-3H3. The molecule has 0 bridgehead atoms. The molecular weight excluding hydrogens is 263 g/mol. The van der Waals surface area contributed by atoms with E-state index >= 15 is 0 Å².